The van der Waals surface area contributed by atoms with Crippen molar-refractivity contribution in [1.29, 1.82) is 0 Å². The van der Waals surface area contributed by atoms with Crippen LogP contribution in [0.5, 0.6) is 0 Å². The Hall–Kier alpha value is -0.0800. The summed E-state index contributed by atoms with van der Waals surface area (Å²) in [5.74, 6) is 1.80. The van der Waals surface area contributed by atoms with Crippen LogP contribution in [0.3, 0.4) is 0 Å². The third kappa shape index (κ3) is 4.73. The van der Waals surface area contributed by atoms with E-state index in [-0.39, 0.29) is 0 Å². The molecule has 0 aromatic rings. The van der Waals surface area contributed by atoms with Gasteiger partial charge in [-0.15, -0.1) is 0 Å². The van der Waals surface area contributed by atoms with Crippen molar-refractivity contribution >= 4 is 0 Å². The molecule has 2 fully saturated rings. The summed E-state index contributed by atoms with van der Waals surface area (Å²) in [6.45, 7) is 7.24. The molecule has 3 unspecified atom stereocenters. The molecule has 0 spiro atoms. The molecule has 20 heavy (non-hydrogen) atoms. The van der Waals surface area contributed by atoms with E-state index in [1.54, 1.807) is 0 Å². The molecule has 0 amide bonds. The first kappa shape index (κ1) is 16.3. The van der Waals surface area contributed by atoms with Crippen LogP contribution in [-0.4, -0.2) is 37.1 Å². The van der Waals surface area contributed by atoms with Gasteiger partial charge < -0.3 is 10.2 Å². The topological polar surface area (TPSA) is 15.3 Å². The Balaban J connectivity index is 1.85. The lowest BCUT2D eigenvalue weighted by Gasteiger charge is -2.40. The van der Waals surface area contributed by atoms with Crippen LogP contribution in [0, 0.1) is 11.8 Å². The molecular weight excluding hydrogens is 244 g/mol. The third-order valence-corrected chi connectivity index (χ3v) is 5.62. The van der Waals surface area contributed by atoms with Crippen LogP contribution in [0.15, 0.2) is 0 Å². The van der Waals surface area contributed by atoms with E-state index < -0.39 is 0 Å². The molecule has 2 rings (SSSR count). The van der Waals surface area contributed by atoms with Crippen LogP contribution in [0.4, 0.5) is 0 Å². The minimum absolute atomic E-state index is 0.775. The molecule has 2 aliphatic rings. The van der Waals surface area contributed by atoms with Crippen LogP contribution in [0.25, 0.3) is 0 Å². The van der Waals surface area contributed by atoms with E-state index in [4.69, 9.17) is 0 Å². The van der Waals surface area contributed by atoms with Gasteiger partial charge in [-0.25, -0.2) is 0 Å². The highest BCUT2D eigenvalue weighted by molar-refractivity contribution is 4.86. The van der Waals surface area contributed by atoms with Gasteiger partial charge in [0.05, 0.1) is 0 Å². The fraction of sp³-hybridized carbons (Fsp3) is 1.00. The molecule has 0 aliphatic heterocycles. The number of hydrogen-bond donors (Lipinski definition) is 1. The molecule has 0 bridgehead atoms. The Bertz CT molecular complexity index is 258. The largest absolute Gasteiger partial charge is 0.314 e. The zero-order valence-electron chi connectivity index (χ0n) is 14.0. The average Bonchev–Trinajstić information content (AvgIpc) is 2.47. The third-order valence-electron chi connectivity index (χ3n) is 5.62. The molecule has 1 N–H and O–H groups in total. The summed E-state index contributed by atoms with van der Waals surface area (Å²) in [5, 5.41) is 3.82. The molecule has 3 atom stereocenters. The smallest absolute Gasteiger partial charge is 0.0108 e. The van der Waals surface area contributed by atoms with Crippen LogP contribution in [0.1, 0.15) is 71.6 Å². The maximum absolute atomic E-state index is 3.82. The number of hydrogen-bond acceptors (Lipinski definition) is 2. The van der Waals surface area contributed by atoms with E-state index in [0.29, 0.717) is 0 Å². The maximum atomic E-state index is 3.82. The lowest BCUT2D eigenvalue weighted by Crippen LogP contribution is -2.47. The summed E-state index contributed by atoms with van der Waals surface area (Å²) >= 11 is 0. The molecule has 0 saturated heterocycles. The summed E-state index contributed by atoms with van der Waals surface area (Å²) in [7, 11) is 2.38. The average molecular weight is 280 g/mol. The lowest BCUT2D eigenvalue weighted by molar-refractivity contribution is 0.117. The monoisotopic (exact) mass is 280 g/mol. The zero-order chi connectivity index (χ0) is 14.4. The van der Waals surface area contributed by atoms with Gasteiger partial charge in [0.25, 0.3) is 0 Å². The van der Waals surface area contributed by atoms with E-state index in [2.05, 4.69) is 31.1 Å². The van der Waals surface area contributed by atoms with Crippen LogP contribution in [-0.2, 0) is 0 Å². The minimum atomic E-state index is 0.775. The summed E-state index contributed by atoms with van der Waals surface area (Å²) in [6, 6.07) is 1.64. The molecule has 2 nitrogen and oxygen atoms in total. The normalized spacial score (nSPS) is 32.7. The Kier molecular flexibility index (Phi) is 6.83. The van der Waals surface area contributed by atoms with Gasteiger partial charge in [0.2, 0.25) is 0 Å². The van der Waals surface area contributed by atoms with Crippen molar-refractivity contribution in [3.05, 3.63) is 0 Å². The van der Waals surface area contributed by atoms with Crippen molar-refractivity contribution in [2.75, 3.05) is 20.1 Å². The fourth-order valence-corrected chi connectivity index (χ4v) is 4.34. The molecule has 0 aromatic carbocycles. The predicted octanol–water partition coefficient (Wildman–Crippen LogP) is 4.06. The molecular formula is C18H36N2. The summed E-state index contributed by atoms with van der Waals surface area (Å²) in [6.07, 6.45) is 12.7. The standard InChI is InChI=1S/C18H36N2/c1-4-12-19-18-11-10-15(2)13-16(18)14-20(3)17-8-6-5-7-9-17/h15-19H,4-14H2,1-3H3. The van der Waals surface area contributed by atoms with Gasteiger partial charge in [-0.05, 0) is 64.0 Å². The van der Waals surface area contributed by atoms with Crippen molar-refractivity contribution < 1.29 is 0 Å². The molecule has 0 heterocycles. The van der Waals surface area contributed by atoms with Gasteiger partial charge >= 0.3 is 0 Å². The molecule has 118 valence electrons. The molecule has 2 heteroatoms. The maximum Gasteiger partial charge on any atom is 0.0108 e. The summed E-state index contributed by atoms with van der Waals surface area (Å²) in [5.41, 5.74) is 0. The first-order valence-electron chi connectivity index (χ1n) is 9.14. The fourth-order valence-electron chi connectivity index (χ4n) is 4.34. The predicted molar refractivity (Wildman–Crippen MR) is 88.1 cm³/mol. The van der Waals surface area contributed by atoms with Gasteiger partial charge in [-0.1, -0.05) is 33.1 Å². The van der Waals surface area contributed by atoms with Crippen molar-refractivity contribution in [3.8, 4) is 0 Å². The van der Waals surface area contributed by atoms with Crippen molar-refractivity contribution in [1.82, 2.24) is 10.2 Å². The first-order chi connectivity index (χ1) is 9.70. The first-order valence-corrected chi connectivity index (χ1v) is 9.14. The van der Waals surface area contributed by atoms with Crippen molar-refractivity contribution in [2.24, 2.45) is 11.8 Å². The summed E-state index contributed by atoms with van der Waals surface area (Å²) < 4.78 is 0. The summed E-state index contributed by atoms with van der Waals surface area (Å²) in [4.78, 5) is 2.70. The Morgan fingerprint density at radius 2 is 1.80 bits per heavy atom. The second-order valence-electron chi connectivity index (χ2n) is 7.47. The lowest BCUT2D eigenvalue weighted by atomic mass is 9.78. The Labute approximate surface area is 126 Å². The molecule has 2 saturated carbocycles. The quantitative estimate of drug-likeness (QED) is 0.789. The molecule has 0 radical (unpaired) electrons. The Morgan fingerprint density at radius 3 is 2.50 bits per heavy atom. The minimum Gasteiger partial charge on any atom is -0.314 e. The highest BCUT2D eigenvalue weighted by Crippen LogP contribution is 2.31. The number of nitrogens with one attached hydrogen (secondary N) is 1. The van der Waals surface area contributed by atoms with E-state index in [9.17, 15) is 0 Å². The van der Waals surface area contributed by atoms with E-state index in [1.165, 1.54) is 70.9 Å². The van der Waals surface area contributed by atoms with Gasteiger partial charge in [0.1, 0.15) is 0 Å². The van der Waals surface area contributed by atoms with Crippen LogP contribution >= 0.6 is 0 Å². The molecule has 0 aromatic heterocycles. The molecule has 2 aliphatic carbocycles. The number of rotatable bonds is 6. The second-order valence-corrected chi connectivity index (χ2v) is 7.47. The van der Waals surface area contributed by atoms with Crippen LogP contribution in [0.2, 0.25) is 0 Å². The second kappa shape index (κ2) is 8.38. The SMILES string of the molecule is CCCNC1CCC(C)CC1CN(C)C1CCCCC1. The Morgan fingerprint density at radius 1 is 1.05 bits per heavy atom. The highest BCUT2D eigenvalue weighted by atomic mass is 15.1. The van der Waals surface area contributed by atoms with Gasteiger partial charge in [-0.2, -0.15) is 0 Å². The van der Waals surface area contributed by atoms with E-state index in [0.717, 1.165) is 23.9 Å². The van der Waals surface area contributed by atoms with Gasteiger partial charge in [-0.3, -0.25) is 0 Å². The van der Waals surface area contributed by atoms with Crippen LogP contribution < -0.4 is 5.32 Å². The van der Waals surface area contributed by atoms with Gasteiger partial charge in [0, 0.05) is 18.6 Å². The van der Waals surface area contributed by atoms with E-state index in [1.807, 2.05) is 0 Å². The zero-order valence-corrected chi connectivity index (χ0v) is 14.0. The highest BCUT2D eigenvalue weighted by Gasteiger charge is 2.30. The van der Waals surface area contributed by atoms with Gasteiger partial charge in [0.15, 0.2) is 0 Å². The van der Waals surface area contributed by atoms with Crippen molar-refractivity contribution in [2.45, 2.75) is 83.7 Å². The van der Waals surface area contributed by atoms with Crippen molar-refractivity contribution in [3.63, 3.8) is 0 Å². The van der Waals surface area contributed by atoms with E-state index >= 15 is 0 Å². The number of nitrogens with zero attached hydrogens (tertiary/aromatic N) is 1.